The first-order chi connectivity index (χ1) is 15.0. The van der Waals surface area contributed by atoms with Crippen LogP contribution in [0.1, 0.15) is 30.1 Å². The molecule has 5 rings (SSSR count). The van der Waals surface area contributed by atoms with Gasteiger partial charge in [-0.2, -0.15) is 19.6 Å². The van der Waals surface area contributed by atoms with Crippen LogP contribution in [0.2, 0.25) is 0 Å². The van der Waals surface area contributed by atoms with E-state index in [1.807, 2.05) is 13.0 Å². The highest BCUT2D eigenvalue weighted by atomic mass is 19.1. The van der Waals surface area contributed by atoms with E-state index >= 15 is 0 Å². The number of piperazine rings is 1. The Morgan fingerprint density at radius 1 is 1.06 bits per heavy atom. The number of fused-ring (bicyclic) bond motifs is 1. The van der Waals surface area contributed by atoms with Gasteiger partial charge in [-0.3, -0.25) is 4.90 Å². The van der Waals surface area contributed by atoms with Gasteiger partial charge in [-0.05, 0) is 44.5 Å². The van der Waals surface area contributed by atoms with E-state index in [-0.39, 0.29) is 11.9 Å². The van der Waals surface area contributed by atoms with Crippen molar-refractivity contribution in [2.45, 2.75) is 26.8 Å². The van der Waals surface area contributed by atoms with Crippen LogP contribution >= 0.6 is 0 Å². The van der Waals surface area contributed by atoms with E-state index in [1.54, 1.807) is 23.6 Å². The lowest BCUT2D eigenvalue weighted by Crippen LogP contribution is -2.47. The lowest BCUT2D eigenvalue weighted by atomic mass is 10.1. The zero-order valence-corrected chi connectivity index (χ0v) is 17.7. The predicted octanol–water partition coefficient (Wildman–Crippen LogP) is 2.81. The Hall–Kier alpha value is -3.40. The number of hydrogen-bond acceptors (Lipinski definition) is 8. The van der Waals surface area contributed by atoms with Crippen molar-refractivity contribution in [2.75, 3.05) is 31.1 Å². The van der Waals surface area contributed by atoms with Gasteiger partial charge < -0.3 is 9.42 Å². The van der Waals surface area contributed by atoms with Crippen LogP contribution < -0.4 is 4.90 Å². The first-order valence-corrected chi connectivity index (χ1v) is 10.3. The van der Waals surface area contributed by atoms with Crippen LogP contribution in [0.5, 0.6) is 0 Å². The summed E-state index contributed by atoms with van der Waals surface area (Å²) >= 11 is 0. The number of benzene rings is 1. The van der Waals surface area contributed by atoms with E-state index in [0.29, 0.717) is 23.1 Å². The molecule has 0 amide bonds. The lowest BCUT2D eigenvalue weighted by Gasteiger charge is -2.37. The zero-order chi connectivity index (χ0) is 21.5. The number of anilines is 1. The van der Waals surface area contributed by atoms with Crippen LogP contribution in [-0.4, -0.2) is 60.8 Å². The van der Waals surface area contributed by atoms with E-state index in [9.17, 15) is 4.39 Å². The van der Waals surface area contributed by atoms with E-state index in [4.69, 9.17) is 4.52 Å². The molecule has 1 saturated heterocycles. The number of aromatic nitrogens is 6. The average molecular weight is 422 g/mol. The number of aryl methyl sites for hydroxylation is 2. The number of halogens is 1. The Morgan fingerprint density at radius 2 is 1.87 bits per heavy atom. The van der Waals surface area contributed by atoms with Gasteiger partial charge in [0.25, 0.3) is 5.78 Å². The summed E-state index contributed by atoms with van der Waals surface area (Å²) in [6.45, 7) is 9.10. The molecule has 9 nitrogen and oxygen atoms in total. The Morgan fingerprint density at radius 3 is 2.65 bits per heavy atom. The first-order valence-electron chi connectivity index (χ1n) is 10.3. The summed E-state index contributed by atoms with van der Waals surface area (Å²) in [6, 6.07) is 6.85. The van der Waals surface area contributed by atoms with Crippen molar-refractivity contribution in [3.8, 4) is 11.4 Å². The maximum Gasteiger partial charge on any atom is 0.254 e. The molecule has 4 aromatic rings. The molecule has 160 valence electrons. The van der Waals surface area contributed by atoms with Crippen LogP contribution in [-0.2, 0) is 0 Å². The van der Waals surface area contributed by atoms with Gasteiger partial charge in [-0.15, -0.1) is 0 Å². The molecule has 0 aliphatic carbocycles. The molecule has 1 fully saturated rings. The third-order valence-electron chi connectivity index (χ3n) is 5.76. The second kappa shape index (κ2) is 7.69. The zero-order valence-electron chi connectivity index (χ0n) is 17.7. The monoisotopic (exact) mass is 422 g/mol. The van der Waals surface area contributed by atoms with Crippen molar-refractivity contribution in [2.24, 2.45) is 0 Å². The fourth-order valence-electron chi connectivity index (χ4n) is 3.94. The third kappa shape index (κ3) is 3.63. The second-order valence-electron chi connectivity index (χ2n) is 7.85. The minimum absolute atomic E-state index is 0.0180. The molecule has 10 heteroatoms. The molecule has 31 heavy (non-hydrogen) atoms. The standard InChI is InChI=1S/C21H23FN8O/c1-13-10-16(4-5-17(13)22)19-26-20(31-27-19)15(3)28-6-8-29(9-7-28)18-11-14(2)25-21-23-12-24-30(18)21/h4-5,10-12,15H,6-9H2,1-3H3. The summed E-state index contributed by atoms with van der Waals surface area (Å²) in [5.74, 6) is 2.40. The highest BCUT2D eigenvalue weighted by Gasteiger charge is 2.27. The van der Waals surface area contributed by atoms with Gasteiger partial charge >= 0.3 is 0 Å². The van der Waals surface area contributed by atoms with Crippen LogP contribution in [0.15, 0.2) is 35.1 Å². The summed E-state index contributed by atoms with van der Waals surface area (Å²) < 4.78 is 20.9. The Balaban J connectivity index is 1.29. The summed E-state index contributed by atoms with van der Waals surface area (Å²) in [4.78, 5) is 17.8. The van der Waals surface area contributed by atoms with Gasteiger partial charge in [0.1, 0.15) is 18.0 Å². The lowest BCUT2D eigenvalue weighted by molar-refractivity contribution is 0.164. The van der Waals surface area contributed by atoms with Crippen molar-refractivity contribution in [3.63, 3.8) is 0 Å². The molecule has 4 heterocycles. The van der Waals surface area contributed by atoms with Gasteiger partial charge in [0.15, 0.2) is 0 Å². The van der Waals surface area contributed by atoms with Crippen LogP contribution in [0.25, 0.3) is 17.2 Å². The van der Waals surface area contributed by atoms with E-state index < -0.39 is 0 Å². The Kier molecular flexibility index (Phi) is 4.85. The number of hydrogen-bond donors (Lipinski definition) is 0. The fraction of sp³-hybridized carbons (Fsp3) is 0.381. The van der Waals surface area contributed by atoms with Crippen LogP contribution in [0, 0.1) is 19.7 Å². The predicted molar refractivity (Wildman–Crippen MR) is 112 cm³/mol. The van der Waals surface area contributed by atoms with Crippen LogP contribution in [0.4, 0.5) is 10.2 Å². The largest absolute Gasteiger partial charge is 0.354 e. The molecule has 0 N–H and O–H groups in total. The summed E-state index contributed by atoms with van der Waals surface area (Å²) in [5, 5.41) is 8.41. The molecular weight excluding hydrogens is 399 g/mol. The summed E-state index contributed by atoms with van der Waals surface area (Å²) in [5.41, 5.74) is 2.22. The quantitative estimate of drug-likeness (QED) is 0.496. The maximum atomic E-state index is 13.5. The minimum atomic E-state index is -0.244. The topological polar surface area (TPSA) is 88.5 Å². The normalized spacial score (nSPS) is 16.2. The Labute approximate surface area is 178 Å². The van der Waals surface area contributed by atoms with Gasteiger partial charge in [0, 0.05) is 43.5 Å². The molecule has 1 unspecified atom stereocenters. The van der Waals surface area contributed by atoms with Gasteiger partial charge in [-0.1, -0.05) is 5.16 Å². The van der Waals surface area contributed by atoms with E-state index in [1.165, 1.54) is 12.4 Å². The second-order valence-corrected chi connectivity index (χ2v) is 7.85. The van der Waals surface area contributed by atoms with Crippen molar-refractivity contribution < 1.29 is 8.91 Å². The maximum absolute atomic E-state index is 13.5. The molecule has 1 aliphatic heterocycles. The van der Waals surface area contributed by atoms with E-state index in [0.717, 1.165) is 43.3 Å². The van der Waals surface area contributed by atoms with Crippen molar-refractivity contribution in [1.82, 2.24) is 34.6 Å². The molecule has 0 spiro atoms. The minimum Gasteiger partial charge on any atom is -0.354 e. The molecule has 1 atom stereocenters. The van der Waals surface area contributed by atoms with Crippen molar-refractivity contribution in [1.29, 1.82) is 0 Å². The molecule has 1 aliphatic rings. The molecular formula is C21H23FN8O. The van der Waals surface area contributed by atoms with Crippen molar-refractivity contribution >= 4 is 11.6 Å². The molecule has 0 radical (unpaired) electrons. The molecule has 0 saturated carbocycles. The molecule has 1 aromatic carbocycles. The van der Waals surface area contributed by atoms with Gasteiger partial charge in [0.2, 0.25) is 11.7 Å². The SMILES string of the molecule is Cc1cc(N2CCN(C(C)c3nc(-c4ccc(F)c(C)c4)no3)CC2)n2ncnc2n1. The molecule has 0 bridgehead atoms. The first kappa shape index (κ1) is 19.6. The van der Waals surface area contributed by atoms with Crippen molar-refractivity contribution in [3.05, 3.63) is 53.6 Å². The van der Waals surface area contributed by atoms with Gasteiger partial charge in [-0.25, -0.2) is 9.37 Å². The smallest absolute Gasteiger partial charge is 0.254 e. The summed E-state index contributed by atoms with van der Waals surface area (Å²) in [7, 11) is 0. The highest BCUT2D eigenvalue weighted by molar-refractivity contribution is 5.55. The van der Waals surface area contributed by atoms with E-state index in [2.05, 4.69) is 41.9 Å². The van der Waals surface area contributed by atoms with Crippen LogP contribution in [0.3, 0.4) is 0 Å². The van der Waals surface area contributed by atoms with Gasteiger partial charge in [0.05, 0.1) is 6.04 Å². The molecule has 3 aromatic heterocycles. The number of rotatable bonds is 4. The highest BCUT2D eigenvalue weighted by Crippen LogP contribution is 2.26. The average Bonchev–Trinajstić information content (AvgIpc) is 3.44. The summed E-state index contributed by atoms with van der Waals surface area (Å²) in [6.07, 6.45) is 1.53. The Bertz CT molecular complexity index is 1230. The number of nitrogens with zero attached hydrogens (tertiary/aromatic N) is 8. The fourth-order valence-corrected chi connectivity index (χ4v) is 3.94. The third-order valence-corrected chi connectivity index (χ3v) is 5.76.